The zero-order valence-corrected chi connectivity index (χ0v) is 15.9. The Balaban J connectivity index is 1.66. The van der Waals surface area contributed by atoms with E-state index in [1.54, 1.807) is 0 Å². The topological polar surface area (TPSA) is 18.5 Å². The van der Waals surface area contributed by atoms with Crippen LogP contribution >= 0.6 is 0 Å². The number of para-hydroxylation sites is 2. The van der Waals surface area contributed by atoms with Gasteiger partial charge in [0, 0.05) is 6.04 Å². The SMILES string of the molecule is CNCCC(c1ccccc1)N1CN(C2CCCCC2)c2ccccc21. The summed E-state index contributed by atoms with van der Waals surface area (Å²) in [6.07, 6.45) is 7.97. The number of nitrogens with zero attached hydrogens (tertiary/aromatic N) is 2. The highest BCUT2D eigenvalue weighted by molar-refractivity contribution is 5.77. The maximum Gasteiger partial charge on any atom is 0.0913 e. The van der Waals surface area contributed by atoms with Crippen LogP contribution in [0.3, 0.4) is 0 Å². The van der Waals surface area contributed by atoms with E-state index in [1.165, 1.54) is 49.0 Å². The van der Waals surface area contributed by atoms with Gasteiger partial charge in [-0.1, -0.05) is 61.7 Å². The van der Waals surface area contributed by atoms with Gasteiger partial charge in [0.2, 0.25) is 0 Å². The highest BCUT2D eigenvalue weighted by Gasteiger charge is 2.34. The first-order valence-electron chi connectivity index (χ1n) is 10.2. The van der Waals surface area contributed by atoms with Crippen molar-refractivity contribution in [2.24, 2.45) is 0 Å². The van der Waals surface area contributed by atoms with Crippen LogP contribution in [-0.2, 0) is 0 Å². The molecule has 4 rings (SSSR count). The first kappa shape index (κ1) is 17.4. The number of fused-ring (bicyclic) bond motifs is 1. The Morgan fingerprint density at radius 2 is 1.62 bits per heavy atom. The molecule has 3 nitrogen and oxygen atoms in total. The average molecular weight is 350 g/mol. The van der Waals surface area contributed by atoms with Crippen molar-refractivity contribution in [1.82, 2.24) is 5.32 Å². The predicted molar refractivity (Wildman–Crippen MR) is 111 cm³/mol. The van der Waals surface area contributed by atoms with Gasteiger partial charge in [-0.15, -0.1) is 0 Å². The maximum atomic E-state index is 3.35. The molecule has 3 heteroatoms. The van der Waals surface area contributed by atoms with Gasteiger partial charge in [-0.3, -0.25) is 0 Å². The summed E-state index contributed by atoms with van der Waals surface area (Å²) in [5.41, 5.74) is 4.26. The quantitative estimate of drug-likeness (QED) is 0.796. The molecule has 1 atom stereocenters. The molecule has 2 aromatic rings. The molecule has 1 heterocycles. The second-order valence-electron chi connectivity index (χ2n) is 7.68. The Hall–Kier alpha value is -2.00. The molecule has 2 aromatic carbocycles. The summed E-state index contributed by atoms with van der Waals surface area (Å²) in [4.78, 5) is 5.32. The van der Waals surface area contributed by atoms with E-state index in [1.807, 2.05) is 7.05 Å². The molecule has 0 radical (unpaired) electrons. The maximum absolute atomic E-state index is 3.35. The fourth-order valence-electron chi connectivity index (χ4n) is 4.70. The van der Waals surface area contributed by atoms with Crippen molar-refractivity contribution in [3.63, 3.8) is 0 Å². The monoisotopic (exact) mass is 349 g/mol. The van der Waals surface area contributed by atoms with Crippen LogP contribution in [0.25, 0.3) is 0 Å². The molecule has 1 unspecified atom stereocenters. The Bertz CT molecular complexity index is 694. The first-order chi connectivity index (χ1) is 12.9. The van der Waals surface area contributed by atoms with Crippen LogP contribution < -0.4 is 15.1 Å². The smallest absolute Gasteiger partial charge is 0.0913 e. The first-order valence-corrected chi connectivity index (χ1v) is 10.2. The number of rotatable bonds is 6. The Morgan fingerprint density at radius 3 is 2.35 bits per heavy atom. The minimum Gasteiger partial charge on any atom is -0.349 e. The minimum absolute atomic E-state index is 0.415. The molecular formula is C23H31N3. The summed E-state index contributed by atoms with van der Waals surface area (Å²) >= 11 is 0. The third-order valence-electron chi connectivity index (χ3n) is 6.05. The fraction of sp³-hybridized carbons (Fsp3) is 0.478. The number of hydrogen-bond acceptors (Lipinski definition) is 3. The van der Waals surface area contributed by atoms with Gasteiger partial charge in [0.05, 0.1) is 24.1 Å². The van der Waals surface area contributed by atoms with Crippen LogP contribution in [0.4, 0.5) is 11.4 Å². The standard InChI is InChI=1S/C23H31N3/c1-24-17-16-21(19-10-4-2-5-11-19)26-18-25(20-12-6-3-7-13-20)22-14-8-9-15-23(22)26/h2,4-5,8-11,14-15,20-21,24H,3,6-7,12-13,16-18H2,1H3. The summed E-state index contributed by atoms with van der Waals surface area (Å²) in [5, 5.41) is 3.35. The lowest BCUT2D eigenvalue weighted by Crippen LogP contribution is -2.41. The van der Waals surface area contributed by atoms with Gasteiger partial charge >= 0.3 is 0 Å². The fourth-order valence-corrected chi connectivity index (χ4v) is 4.70. The Kier molecular flexibility index (Phi) is 5.45. The van der Waals surface area contributed by atoms with Crippen molar-refractivity contribution in [3.05, 3.63) is 60.2 Å². The van der Waals surface area contributed by atoms with Crippen LogP contribution in [-0.4, -0.2) is 26.3 Å². The van der Waals surface area contributed by atoms with Crippen LogP contribution in [0, 0.1) is 0 Å². The van der Waals surface area contributed by atoms with Crippen molar-refractivity contribution in [2.75, 3.05) is 30.1 Å². The molecule has 0 amide bonds. The summed E-state index contributed by atoms with van der Waals surface area (Å²) in [6, 6.07) is 21.2. The predicted octanol–water partition coefficient (Wildman–Crippen LogP) is 4.95. The van der Waals surface area contributed by atoms with Crippen molar-refractivity contribution in [3.8, 4) is 0 Å². The van der Waals surface area contributed by atoms with Gasteiger partial charge in [-0.25, -0.2) is 0 Å². The van der Waals surface area contributed by atoms with E-state index < -0.39 is 0 Å². The lowest BCUT2D eigenvalue weighted by molar-refractivity contribution is 0.413. The largest absolute Gasteiger partial charge is 0.349 e. The third-order valence-corrected chi connectivity index (χ3v) is 6.05. The molecule has 138 valence electrons. The van der Waals surface area contributed by atoms with E-state index in [0.29, 0.717) is 12.1 Å². The highest BCUT2D eigenvalue weighted by atomic mass is 15.4. The van der Waals surface area contributed by atoms with Crippen LogP contribution in [0.2, 0.25) is 0 Å². The van der Waals surface area contributed by atoms with Gasteiger partial charge in [0.15, 0.2) is 0 Å². The number of anilines is 2. The van der Waals surface area contributed by atoms with Crippen molar-refractivity contribution in [2.45, 2.75) is 50.6 Å². The highest BCUT2D eigenvalue weighted by Crippen LogP contribution is 2.44. The van der Waals surface area contributed by atoms with Crippen LogP contribution in [0.15, 0.2) is 54.6 Å². The van der Waals surface area contributed by atoms with E-state index in [4.69, 9.17) is 0 Å². The van der Waals surface area contributed by atoms with Crippen LogP contribution in [0.1, 0.15) is 50.1 Å². The summed E-state index contributed by atoms with van der Waals surface area (Å²) < 4.78 is 0. The molecule has 0 spiro atoms. The zero-order valence-electron chi connectivity index (χ0n) is 15.9. The minimum atomic E-state index is 0.415. The molecule has 1 fully saturated rings. The summed E-state index contributed by atoms with van der Waals surface area (Å²) in [7, 11) is 2.05. The number of benzene rings is 2. The second kappa shape index (κ2) is 8.13. The molecule has 26 heavy (non-hydrogen) atoms. The van der Waals surface area contributed by atoms with E-state index in [0.717, 1.165) is 19.6 Å². The van der Waals surface area contributed by atoms with Gasteiger partial charge < -0.3 is 15.1 Å². The molecule has 0 aromatic heterocycles. The van der Waals surface area contributed by atoms with Gasteiger partial charge in [0.1, 0.15) is 0 Å². The summed E-state index contributed by atoms with van der Waals surface area (Å²) in [5.74, 6) is 0. The van der Waals surface area contributed by atoms with Crippen molar-refractivity contribution < 1.29 is 0 Å². The normalized spacial score (nSPS) is 18.8. The second-order valence-corrected chi connectivity index (χ2v) is 7.68. The lowest BCUT2D eigenvalue weighted by atomic mass is 9.94. The van der Waals surface area contributed by atoms with Crippen molar-refractivity contribution >= 4 is 11.4 Å². The van der Waals surface area contributed by atoms with Gasteiger partial charge in [0.25, 0.3) is 0 Å². The number of nitrogens with one attached hydrogen (secondary N) is 1. The lowest BCUT2D eigenvalue weighted by Gasteiger charge is -2.35. The molecule has 1 saturated carbocycles. The Labute approximate surface area is 158 Å². The molecule has 1 N–H and O–H groups in total. The molecule has 1 aliphatic carbocycles. The van der Waals surface area contributed by atoms with Crippen LogP contribution in [0.5, 0.6) is 0 Å². The van der Waals surface area contributed by atoms with Crippen molar-refractivity contribution in [1.29, 1.82) is 0 Å². The number of hydrogen-bond donors (Lipinski definition) is 1. The third kappa shape index (κ3) is 3.45. The molecule has 0 bridgehead atoms. The summed E-state index contributed by atoms with van der Waals surface area (Å²) in [6.45, 7) is 2.05. The zero-order chi connectivity index (χ0) is 17.8. The molecule has 2 aliphatic rings. The van der Waals surface area contributed by atoms with E-state index in [-0.39, 0.29) is 0 Å². The average Bonchev–Trinajstić information content (AvgIpc) is 3.10. The van der Waals surface area contributed by atoms with Gasteiger partial charge in [-0.05, 0) is 50.6 Å². The van der Waals surface area contributed by atoms with E-state index in [9.17, 15) is 0 Å². The van der Waals surface area contributed by atoms with E-state index in [2.05, 4.69) is 69.7 Å². The van der Waals surface area contributed by atoms with E-state index >= 15 is 0 Å². The molecule has 1 aliphatic heterocycles. The molecular weight excluding hydrogens is 318 g/mol. The molecule has 0 saturated heterocycles. The Morgan fingerprint density at radius 1 is 0.923 bits per heavy atom. The van der Waals surface area contributed by atoms with Gasteiger partial charge in [-0.2, -0.15) is 0 Å².